The number of rotatable bonds is 8. The summed E-state index contributed by atoms with van der Waals surface area (Å²) in [4.78, 5) is 25.5. The third-order valence-corrected chi connectivity index (χ3v) is 4.44. The first-order chi connectivity index (χ1) is 11.3. The molecule has 134 valence electrons. The molecule has 0 bridgehead atoms. The number of hydrogen-bond acceptors (Lipinski definition) is 3. The molecule has 1 heterocycles. The van der Waals surface area contributed by atoms with Gasteiger partial charge >= 0.3 is 0 Å². The molecule has 1 saturated carbocycles. The Kier molecular flexibility index (Phi) is 6.20. The molecule has 0 N–H and O–H groups in total. The molecule has 0 aliphatic heterocycles. The zero-order valence-corrected chi connectivity index (χ0v) is 14.8. The number of anilines is 1. The summed E-state index contributed by atoms with van der Waals surface area (Å²) >= 11 is 11.1. The van der Waals surface area contributed by atoms with Crippen molar-refractivity contribution in [3.05, 3.63) is 11.8 Å². The number of halogens is 4. The molecule has 1 aromatic rings. The lowest BCUT2D eigenvalue weighted by Crippen LogP contribution is -2.26. The average molecular weight is 382 g/mol. The van der Waals surface area contributed by atoms with Gasteiger partial charge in [-0.3, -0.25) is 14.5 Å². The Hall–Kier alpha value is -1.21. The number of nitrogens with zero attached hydrogens (tertiary/aromatic N) is 3. The summed E-state index contributed by atoms with van der Waals surface area (Å²) in [6, 6.07) is 1.39. The Morgan fingerprint density at radius 3 is 2.46 bits per heavy atom. The van der Waals surface area contributed by atoms with Crippen LogP contribution >= 0.6 is 23.2 Å². The highest BCUT2D eigenvalue weighted by Crippen LogP contribution is 2.56. The SMILES string of the molecule is CN(C(=O)CCCCl)c1cc(C2CC2(F)F)n(C(=O)CCCCl)n1. The van der Waals surface area contributed by atoms with Crippen molar-refractivity contribution in [2.75, 3.05) is 23.7 Å². The molecule has 1 aromatic heterocycles. The van der Waals surface area contributed by atoms with E-state index in [0.29, 0.717) is 24.6 Å². The number of amides is 1. The van der Waals surface area contributed by atoms with Gasteiger partial charge in [-0.2, -0.15) is 0 Å². The highest BCUT2D eigenvalue weighted by atomic mass is 35.5. The Balaban J connectivity index is 2.24. The van der Waals surface area contributed by atoms with E-state index in [-0.39, 0.29) is 36.7 Å². The van der Waals surface area contributed by atoms with Crippen LogP contribution in [-0.2, 0) is 4.79 Å². The number of carbonyl (C=O) groups excluding carboxylic acids is 2. The van der Waals surface area contributed by atoms with E-state index in [1.54, 1.807) is 0 Å². The second-order valence-corrected chi connectivity index (χ2v) is 6.54. The molecule has 1 aliphatic carbocycles. The zero-order chi connectivity index (χ0) is 17.9. The third-order valence-electron chi connectivity index (χ3n) is 3.91. The molecule has 1 fully saturated rings. The van der Waals surface area contributed by atoms with Crippen LogP contribution in [0.25, 0.3) is 0 Å². The van der Waals surface area contributed by atoms with Crippen LogP contribution in [0, 0.1) is 0 Å². The first-order valence-corrected chi connectivity index (χ1v) is 8.78. The molecular formula is C15H19Cl2F2N3O2. The number of aromatic nitrogens is 2. The highest BCUT2D eigenvalue weighted by molar-refractivity contribution is 6.18. The minimum Gasteiger partial charge on any atom is -0.298 e. The van der Waals surface area contributed by atoms with Gasteiger partial charge in [0.1, 0.15) is 0 Å². The average Bonchev–Trinajstić information content (AvgIpc) is 2.99. The van der Waals surface area contributed by atoms with Crippen molar-refractivity contribution in [2.24, 2.45) is 0 Å². The van der Waals surface area contributed by atoms with E-state index < -0.39 is 17.7 Å². The van der Waals surface area contributed by atoms with Gasteiger partial charge in [0.2, 0.25) is 11.8 Å². The fourth-order valence-corrected chi connectivity index (χ4v) is 2.63. The Bertz CT molecular complexity index is 622. The first kappa shape index (κ1) is 19.1. The summed E-state index contributed by atoms with van der Waals surface area (Å²) in [6.07, 6.45) is 0.959. The van der Waals surface area contributed by atoms with Gasteiger partial charge in [-0.25, -0.2) is 13.5 Å². The summed E-state index contributed by atoms with van der Waals surface area (Å²) in [5.41, 5.74) is 0.145. The van der Waals surface area contributed by atoms with Gasteiger partial charge < -0.3 is 0 Å². The van der Waals surface area contributed by atoms with Crippen LogP contribution in [0.2, 0.25) is 0 Å². The fourth-order valence-electron chi connectivity index (χ4n) is 2.37. The predicted octanol–water partition coefficient (Wildman–Crippen LogP) is 3.65. The minimum absolute atomic E-state index is 0.111. The number of hydrogen-bond donors (Lipinski definition) is 0. The lowest BCUT2D eigenvalue weighted by molar-refractivity contribution is -0.118. The highest BCUT2D eigenvalue weighted by Gasteiger charge is 2.59. The third kappa shape index (κ3) is 4.25. The molecule has 24 heavy (non-hydrogen) atoms. The Morgan fingerprint density at radius 2 is 1.92 bits per heavy atom. The minimum atomic E-state index is -2.83. The molecule has 0 aromatic carbocycles. The maximum atomic E-state index is 13.4. The topological polar surface area (TPSA) is 55.2 Å². The van der Waals surface area contributed by atoms with Crippen LogP contribution in [-0.4, -0.2) is 46.3 Å². The van der Waals surface area contributed by atoms with E-state index in [1.165, 1.54) is 18.0 Å². The van der Waals surface area contributed by atoms with Crippen molar-refractivity contribution in [3.8, 4) is 0 Å². The van der Waals surface area contributed by atoms with Gasteiger partial charge in [-0.15, -0.1) is 28.3 Å². The molecule has 5 nitrogen and oxygen atoms in total. The van der Waals surface area contributed by atoms with E-state index >= 15 is 0 Å². The molecule has 0 saturated heterocycles. The summed E-state index contributed by atoms with van der Waals surface area (Å²) in [5.74, 6) is -3.67. The smallest absolute Gasteiger partial charge is 0.257 e. The van der Waals surface area contributed by atoms with Crippen LogP contribution in [0.1, 0.15) is 48.5 Å². The zero-order valence-electron chi connectivity index (χ0n) is 13.3. The van der Waals surface area contributed by atoms with E-state index in [0.717, 1.165) is 4.68 Å². The van der Waals surface area contributed by atoms with E-state index in [1.807, 2.05) is 0 Å². The fraction of sp³-hybridized carbons (Fsp3) is 0.667. The second kappa shape index (κ2) is 7.78. The van der Waals surface area contributed by atoms with Crippen LogP contribution in [0.15, 0.2) is 6.07 Å². The normalized spacial score (nSPS) is 18.5. The lowest BCUT2D eigenvalue weighted by atomic mass is 10.2. The molecule has 0 spiro atoms. The largest absolute Gasteiger partial charge is 0.298 e. The van der Waals surface area contributed by atoms with E-state index in [9.17, 15) is 18.4 Å². The van der Waals surface area contributed by atoms with Gasteiger partial charge in [0.05, 0.1) is 11.6 Å². The molecule has 2 rings (SSSR count). The van der Waals surface area contributed by atoms with Crippen LogP contribution < -0.4 is 4.90 Å². The Morgan fingerprint density at radius 1 is 1.33 bits per heavy atom. The lowest BCUT2D eigenvalue weighted by Gasteiger charge is -2.13. The molecule has 9 heteroatoms. The Labute approximate surface area is 148 Å². The van der Waals surface area contributed by atoms with Gasteiger partial charge in [0, 0.05) is 44.1 Å². The van der Waals surface area contributed by atoms with Gasteiger partial charge in [-0.05, 0) is 12.8 Å². The van der Waals surface area contributed by atoms with Crippen molar-refractivity contribution in [3.63, 3.8) is 0 Å². The number of alkyl halides is 4. The quantitative estimate of drug-likeness (QED) is 0.645. The van der Waals surface area contributed by atoms with Gasteiger partial charge in [0.15, 0.2) is 5.82 Å². The summed E-state index contributed by atoms with van der Waals surface area (Å²) < 4.78 is 27.9. The second-order valence-electron chi connectivity index (χ2n) is 5.79. The first-order valence-electron chi connectivity index (χ1n) is 7.71. The maximum absolute atomic E-state index is 13.4. The molecule has 1 aliphatic rings. The van der Waals surface area contributed by atoms with Crippen LogP contribution in [0.4, 0.5) is 14.6 Å². The van der Waals surface area contributed by atoms with Crippen LogP contribution in [0.3, 0.4) is 0 Å². The monoisotopic (exact) mass is 381 g/mol. The van der Waals surface area contributed by atoms with Crippen LogP contribution in [0.5, 0.6) is 0 Å². The predicted molar refractivity (Wildman–Crippen MR) is 88.5 cm³/mol. The van der Waals surface area contributed by atoms with Gasteiger partial charge in [0.25, 0.3) is 5.92 Å². The molecule has 1 unspecified atom stereocenters. The maximum Gasteiger partial charge on any atom is 0.257 e. The summed E-state index contributed by atoms with van der Waals surface area (Å²) in [5, 5.41) is 4.08. The standard InChI is InChI=1S/C15H19Cl2F2N3O2/c1-21(13(23)4-2-6-16)12-8-11(10-9-15(10,18)19)22(20-12)14(24)5-3-7-17/h8,10H,2-7,9H2,1H3. The summed E-state index contributed by atoms with van der Waals surface area (Å²) in [6.45, 7) is 0. The van der Waals surface area contributed by atoms with Crippen molar-refractivity contribution in [1.29, 1.82) is 0 Å². The van der Waals surface area contributed by atoms with Gasteiger partial charge in [-0.1, -0.05) is 0 Å². The van der Waals surface area contributed by atoms with E-state index in [4.69, 9.17) is 23.2 Å². The van der Waals surface area contributed by atoms with Crippen molar-refractivity contribution < 1.29 is 18.4 Å². The summed E-state index contributed by atoms with van der Waals surface area (Å²) in [7, 11) is 1.50. The van der Waals surface area contributed by atoms with Crippen molar-refractivity contribution in [1.82, 2.24) is 9.78 Å². The van der Waals surface area contributed by atoms with Crippen molar-refractivity contribution >= 4 is 40.8 Å². The van der Waals surface area contributed by atoms with Crippen molar-refractivity contribution in [2.45, 2.75) is 43.9 Å². The number of carbonyl (C=O) groups is 2. The van der Waals surface area contributed by atoms with E-state index in [2.05, 4.69) is 5.10 Å². The molecular weight excluding hydrogens is 363 g/mol. The molecule has 0 radical (unpaired) electrons. The molecule has 1 amide bonds. The molecule has 1 atom stereocenters.